The van der Waals surface area contributed by atoms with E-state index in [2.05, 4.69) is 6.92 Å². The van der Waals surface area contributed by atoms with Gasteiger partial charge in [0.05, 0.1) is 10.8 Å². The van der Waals surface area contributed by atoms with Crippen molar-refractivity contribution in [2.75, 3.05) is 0 Å². The molecule has 0 saturated carbocycles. The van der Waals surface area contributed by atoms with Crippen LogP contribution in [0.3, 0.4) is 0 Å². The smallest absolute Gasteiger partial charge is 0.220 e. The van der Waals surface area contributed by atoms with Crippen LogP contribution in [0.15, 0.2) is 0 Å². The fourth-order valence-electron chi connectivity index (χ4n) is 1.98. The normalized spacial score (nSPS) is 29.1. The molecule has 0 N–H and O–H groups in total. The third-order valence-corrected chi connectivity index (χ3v) is 5.84. The van der Waals surface area contributed by atoms with Crippen LogP contribution in [-0.4, -0.2) is 35.8 Å². The monoisotopic (exact) mass is 261 g/mol. The van der Waals surface area contributed by atoms with Crippen molar-refractivity contribution < 1.29 is 13.2 Å². The lowest BCUT2D eigenvalue weighted by molar-refractivity contribution is -0.107. The Balaban J connectivity index is 2.70. The second-order valence-electron chi connectivity index (χ2n) is 5.64. The molecule has 1 heterocycles. The summed E-state index contributed by atoms with van der Waals surface area (Å²) in [5.41, 5.74) is 0. The van der Waals surface area contributed by atoms with Gasteiger partial charge in [-0.15, -0.1) is 0 Å². The van der Waals surface area contributed by atoms with Gasteiger partial charge in [-0.2, -0.15) is 4.31 Å². The van der Waals surface area contributed by atoms with Crippen molar-refractivity contribution in [1.82, 2.24) is 4.31 Å². The average molecular weight is 261 g/mol. The van der Waals surface area contributed by atoms with Crippen LogP contribution in [-0.2, 0) is 14.8 Å². The third kappa shape index (κ3) is 2.88. The van der Waals surface area contributed by atoms with Crippen LogP contribution in [0.2, 0.25) is 0 Å². The molecule has 0 aliphatic carbocycles. The molecule has 1 rings (SSSR count). The van der Waals surface area contributed by atoms with Gasteiger partial charge in [0, 0.05) is 6.04 Å². The highest BCUT2D eigenvalue weighted by Crippen LogP contribution is 2.39. The molecule has 3 atom stereocenters. The van der Waals surface area contributed by atoms with Crippen LogP contribution < -0.4 is 0 Å². The average Bonchev–Trinajstić information content (AvgIpc) is 2.90. The van der Waals surface area contributed by atoms with E-state index in [1.54, 1.807) is 20.8 Å². The SMILES string of the molecule is CCCCCC1C(C=O)N1S(=O)(=O)C(C)(C)C. The maximum atomic E-state index is 12.2. The first-order valence-corrected chi connectivity index (χ1v) is 7.69. The molecule has 0 aromatic heterocycles. The van der Waals surface area contributed by atoms with Crippen molar-refractivity contribution in [3.8, 4) is 0 Å². The maximum absolute atomic E-state index is 12.2. The van der Waals surface area contributed by atoms with E-state index >= 15 is 0 Å². The summed E-state index contributed by atoms with van der Waals surface area (Å²) in [6, 6.07) is -0.514. The van der Waals surface area contributed by atoms with E-state index in [9.17, 15) is 13.2 Å². The molecular formula is C12H23NO3S. The van der Waals surface area contributed by atoms with Crippen LogP contribution in [0, 0.1) is 0 Å². The number of carbonyl (C=O) groups is 1. The Hall–Kier alpha value is -0.420. The van der Waals surface area contributed by atoms with Gasteiger partial charge in [0.15, 0.2) is 0 Å². The lowest BCUT2D eigenvalue weighted by Gasteiger charge is -2.20. The number of sulfonamides is 1. The van der Waals surface area contributed by atoms with Crippen molar-refractivity contribution in [3.63, 3.8) is 0 Å². The van der Waals surface area contributed by atoms with Gasteiger partial charge in [-0.3, -0.25) is 0 Å². The third-order valence-electron chi connectivity index (χ3n) is 3.22. The molecule has 100 valence electrons. The first-order valence-electron chi connectivity index (χ1n) is 6.25. The zero-order valence-corrected chi connectivity index (χ0v) is 12.0. The van der Waals surface area contributed by atoms with E-state index in [1.807, 2.05) is 0 Å². The molecule has 1 aliphatic rings. The molecular weight excluding hydrogens is 238 g/mol. The molecule has 1 aliphatic heterocycles. The predicted molar refractivity (Wildman–Crippen MR) is 68.3 cm³/mol. The van der Waals surface area contributed by atoms with Gasteiger partial charge < -0.3 is 4.79 Å². The summed E-state index contributed by atoms with van der Waals surface area (Å²) in [7, 11) is -3.35. The highest BCUT2D eigenvalue weighted by molar-refractivity contribution is 7.90. The Morgan fingerprint density at radius 1 is 1.24 bits per heavy atom. The largest absolute Gasteiger partial charge is 0.302 e. The molecule has 3 unspecified atom stereocenters. The summed E-state index contributed by atoms with van der Waals surface area (Å²) in [5.74, 6) is 0. The highest BCUT2D eigenvalue weighted by Gasteiger charge is 2.57. The summed E-state index contributed by atoms with van der Waals surface area (Å²) >= 11 is 0. The molecule has 0 spiro atoms. The van der Waals surface area contributed by atoms with Crippen LogP contribution >= 0.6 is 0 Å². The second kappa shape index (κ2) is 5.06. The van der Waals surface area contributed by atoms with E-state index in [0.717, 1.165) is 32.0 Å². The predicted octanol–water partition coefficient (Wildman–Crippen LogP) is 1.95. The van der Waals surface area contributed by atoms with Gasteiger partial charge in [0.2, 0.25) is 10.0 Å². The molecule has 0 radical (unpaired) electrons. The van der Waals surface area contributed by atoms with Gasteiger partial charge in [-0.05, 0) is 27.2 Å². The minimum absolute atomic E-state index is 0.0942. The van der Waals surface area contributed by atoms with Gasteiger partial charge >= 0.3 is 0 Å². The first kappa shape index (κ1) is 14.6. The lowest BCUT2D eigenvalue weighted by Crippen LogP contribution is -2.35. The Morgan fingerprint density at radius 2 is 1.82 bits per heavy atom. The van der Waals surface area contributed by atoms with Crippen LogP contribution in [0.1, 0.15) is 53.4 Å². The Morgan fingerprint density at radius 3 is 2.24 bits per heavy atom. The number of hydrogen-bond donors (Lipinski definition) is 0. The fourth-order valence-corrected chi connectivity index (χ4v) is 3.66. The van der Waals surface area contributed by atoms with Gasteiger partial charge in [0.1, 0.15) is 6.29 Å². The summed E-state index contributed by atoms with van der Waals surface area (Å²) in [4.78, 5) is 10.9. The van der Waals surface area contributed by atoms with Gasteiger partial charge in [0.25, 0.3) is 0 Å². The zero-order chi connectivity index (χ0) is 13.3. The molecule has 5 heteroatoms. The number of hydrogen-bond acceptors (Lipinski definition) is 3. The first-order chi connectivity index (χ1) is 7.77. The maximum Gasteiger partial charge on any atom is 0.220 e. The number of unbranched alkanes of at least 4 members (excludes halogenated alkanes) is 2. The topological polar surface area (TPSA) is 54.2 Å². The Kier molecular flexibility index (Phi) is 4.36. The highest BCUT2D eigenvalue weighted by atomic mass is 32.2. The van der Waals surface area contributed by atoms with E-state index < -0.39 is 20.8 Å². The van der Waals surface area contributed by atoms with Crippen molar-refractivity contribution in [2.24, 2.45) is 0 Å². The van der Waals surface area contributed by atoms with Gasteiger partial charge in [-0.1, -0.05) is 26.2 Å². The molecule has 0 aromatic carbocycles. The number of rotatable bonds is 6. The van der Waals surface area contributed by atoms with Crippen molar-refractivity contribution in [2.45, 2.75) is 70.2 Å². The van der Waals surface area contributed by atoms with Crippen LogP contribution in [0.5, 0.6) is 0 Å². The van der Waals surface area contributed by atoms with E-state index in [4.69, 9.17) is 0 Å². The minimum atomic E-state index is -3.35. The Bertz CT molecular complexity index is 370. The molecule has 4 nitrogen and oxygen atoms in total. The second-order valence-corrected chi connectivity index (χ2v) is 8.23. The number of aldehydes is 1. The minimum Gasteiger partial charge on any atom is -0.302 e. The molecule has 1 saturated heterocycles. The molecule has 0 bridgehead atoms. The summed E-state index contributed by atoms with van der Waals surface area (Å²) in [6.07, 6.45) is 4.74. The number of nitrogens with zero attached hydrogens (tertiary/aromatic N) is 1. The Labute approximate surface area is 104 Å². The lowest BCUT2D eigenvalue weighted by atomic mass is 10.1. The molecule has 0 aromatic rings. The zero-order valence-electron chi connectivity index (χ0n) is 11.1. The molecule has 1 fully saturated rings. The molecule has 0 amide bonds. The quantitative estimate of drug-likeness (QED) is 0.417. The summed E-state index contributed by atoms with van der Waals surface area (Å²) in [6.45, 7) is 7.12. The van der Waals surface area contributed by atoms with Crippen molar-refractivity contribution in [3.05, 3.63) is 0 Å². The van der Waals surface area contributed by atoms with Crippen molar-refractivity contribution in [1.29, 1.82) is 0 Å². The van der Waals surface area contributed by atoms with Crippen LogP contribution in [0.25, 0.3) is 0 Å². The van der Waals surface area contributed by atoms with E-state index in [-0.39, 0.29) is 6.04 Å². The fraction of sp³-hybridized carbons (Fsp3) is 0.917. The van der Waals surface area contributed by atoms with Crippen molar-refractivity contribution >= 4 is 16.3 Å². The summed E-state index contributed by atoms with van der Waals surface area (Å²) in [5, 5.41) is 0. The molecule has 17 heavy (non-hydrogen) atoms. The van der Waals surface area contributed by atoms with Crippen LogP contribution in [0.4, 0.5) is 0 Å². The van der Waals surface area contributed by atoms with Gasteiger partial charge in [-0.25, -0.2) is 8.42 Å². The summed E-state index contributed by atoms with van der Waals surface area (Å²) < 4.78 is 24.9. The standard InChI is InChI=1S/C12H23NO3S/c1-5-6-7-8-10-11(9-14)13(10)17(15,16)12(2,3)4/h9-11H,5-8H2,1-4H3. The van der Waals surface area contributed by atoms with E-state index in [0.29, 0.717) is 0 Å². The number of carbonyl (C=O) groups excluding carboxylic acids is 1. The van der Waals surface area contributed by atoms with E-state index in [1.165, 1.54) is 4.31 Å².